The van der Waals surface area contributed by atoms with E-state index >= 15 is 0 Å². The lowest BCUT2D eigenvalue weighted by Gasteiger charge is -2.36. The van der Waals surface area contributed by atoms with Crippen molar-refractivity contribution in [2.24, 2.45) is 0 Å². The highest BCUT2D eigenvalue weighted by Crippen LogP contribution is 2.27. The summed E-state index contributed by atoms with van der Waals surface area (Å²) in [6.07, 6.45) is 2.09. The molecule has 0 spiro atoms. The van der Waals surface area contributed by atoms with Crippen LogP contribution in [0.5, 0.6) is 0 Å². The zero-order valence-electron chi connectivity index (χ0n) is 12.9. The van der Waals surface area contributed by atoms with Gasteiger partial charge in [-0.05, 0) is 55.4 Å². The van der Waals surface area contributed by atoms with Gasteiger partial charge in [-0.15, -0.1) is 11.3 Å². The van der Waals surface area contributed by atoms with Crippen LogP contribution in [0.25, 0.3) is 10.1 Å². The van der Waals surface area contributed by atoms with Crippen LogP contribution >= 0.6 is 11.3 Å². The van der Waals surface area contributed by atoms with Crippen LogP contribution < -0.4 is 0 Å². The number of thiophene rings is 1. The van der Waals surface area contributed by atoms with Gasteiger partial charge in [-0.3, -0.25) is 14.6 Å². The minimum atomic E-state index is -0.741. The number of likely N-dealkylation sites (N-methyl/N-ethyl adjacent to an activating group) is 1. The summed E-state index contributed by atoms with van der Waals surface area (Å²) in [6.45, 7) is 3.22. The average Bonchev–Trinajstić information content (AvgIpc) is 2.91. The van der Waals surface area contributed by atoms with E-state index in [1.807, 2.05) is 23.3 Å². The molecule has 0 amide bonds. The topological polar surface area (TPSA) is 43.8 Å². The van der Waals surface area contributed by atoms with Crippen molar-refractivity contribution in [1.82, 2.24) is 9.80 Å². The Morgan fingerprint density at radius 3 is 2.82 bits per heavy atom. The van der Waals surface area contributed by atoms with Gasteiger partial charge in [0.05, 0.1) is 6.54 Å². The van der Waals surface area contributed by atoms with E-state index in [2.05, 4.69) is 34.5 Å². The Labute approximate surface area is 135 Å². The van der Waals surface area contributed by atoms with Gasteiger partial charge in [-0.25, -0.2) is 0 Å². The normalized spacial score (nSPS) is 17.4. The summed E-state index contributed by atoms with van der Waals surface area (Å²) in [4.78, 5) is 15.3. The number of aliphatic carboxylic acids is 1. The van der Waals surface area contributed by atoms with Gasteiger partial charge in [-0.1, -0.05) is 18.2 Å². The molecule has 5 heteroatoms. The molecule has 1 aliphatic rings. The zero-order chi connectivity index (χ0) is 15.5. The third-order valence-electron chi connectivity index (χ3n) is 4.52. The highest BCUT2D eigenvalue weighted by Gasteiger charge is 2.23. The second-order valence-electron chi connectivity index (χ2n) is 6.07. The van der Waals surface area contributed by atoms with E-state index in [0.29, 0.717) is 6.04 Å². The smallest absolute Gasteiger partial charge is 0.317 e. The molecular formula is C17H22N2O2S. The molecule has 4 nitrogen and oxygen atoms in total. The molecule has 0 aliphatic carbocycles. The van der Waals surface area contributed by atoms with E-state index in [-0.39, 0.29) is 6.54 Å². The van der Waals surface area contributed by atoms with Crippen molar-refractivity contribution < 1.29 is 9.90 Å². The molecule has 1 aliphatic heterocycles. The number of carboxylic acid groups (broad SMARTS) is 1. The monoisotopic (exact) mass is 318 g/mol. The fraction of sp³-hybridized carbons (Fsp3) is 0.471. The van der Waals surface area contributed by atoms with Crippen molar-refractivity contribution in [3.8, 4) is 0 Å². The standard InChI is InChI=1S/C17H22N2O2S/c1-18(11-17(20)21)14-6-8-19(9-7-14)10-13-12-22-16-5-3-2-4-15(13)16/h2-5,12,14H,6-11H2,1H3,(H,20,21). The molecular weight excluding hydrogens is 296 g/mol. The van der Waals surface area contributed by atoms with E-state index in [1.54, 1.807) is 0 Å². The summed E-state index contributed by atoms with van der Waals surface area (Å²) in [5.41, 5.74) is 1.41. The van der Waals surface area contributed by atoms with E-state index in [0.717, 1.165) is 32.5 Å². The first-order valence-corrected chi connectivity index (χ1v) is 8.61. The van der Waals surface area contributed by atoms with Gasteiger partial charge in [-0.2, -0.15) is 0 Å². The molecule has 22 heavy (non-hydrogen) atoms. The molecule has 1 saturated heterocycles. The minimum Gasteiger partial charge on any atom is -0.480 e. The number of carbonyl (C=O) groups is 1. The van der Waals surface area contributed by atoms with Crippen LogP contribution in [0.15, 0.2) is 29.6 Å². The Bertz CT molecular complexity index is 647. The van der Waals surface area contributed by atoms with Crippen molar-refractivity contribution in [3.63, 3.8) is 0 Å². The van der Waals surface area contributed by atoms with Crippen LogP contribution in [0.3, 0.4) is 0 Å². The predicted octanol–water partition coefficient (Wildman–Crippen LogP) is 2.88. The molecule has 0 atom stereocenters. The van der Waals surface area contributed by atoms with Crippen molar-refractivity contribution in [3.05, 3.63) is 35.2 Å². The first-order valence-electron chi connectivity index (χ1n) is 7.73. The fourth-order valence-electron chi connectivity index (χ4n) is 3.26. The molecule has 0 radical (unpaired) electrons. The van der Waals surface area contributed by atoms with E-state index in [9.17, 15) is 4.79 Å². The van der Waals surface area contributed by atoms with Gasteiger partial charge in [0.15, 0.2) is 0 Å². The number of likely N-dealkylation sites (tertiary alicyclic amines) is 1. The fourth-order valence-corrected chi connectivity index (χ4v) is 4.21. The van der Waals surface area contributed by atoms with E-state index < -0.39 is 5.97 Å². The molecule has 2 aromatic rings. The third-order valence-corrected chi connectivity index (χ3v) is 5.53. The van der Waals surface area contributed by atoms with Gasteiger partial charge in [0, 0.05) is 17.3 Å². The van der Waals surface area contributed by atoms with Gasteiger partial charge in [0.2, 0.25) is 0 Å². The summed E-state index contributed by atoms with van der Waals surface area (Å²) in [6, 6.07) is 8.97. The van der Waals surface area contributed by atoms with Crippen molar-refractivity contribution in [2.75, 3.05) is 26.7 Å². The number of nitrogens with zero attached hydrogens (tertiary/aromatic N) is 2. The van der Waals surface area contributed by atoms with Crippen LogP contribution in [0.4, 0.5) is 0 Å². The quantitative estimate of drug-likeness (QED) is 0.920. The van der Waals surface area contributed by atoms with Crippen LogP contribution in [0, 0.1) is 0 Å². The average molecular weight is 318 g/mol. The zero-order valence-corrected chi connectivity index (χ0v) is 13.7. The Balaban J connectivity index is 1.57. The number of hydrogen-bond acceptors (Lipinski definition) is 4. The molecule has 0 bridgehead atoms. The first-order chi connectivity index (χ1) is 10.6. The second-order valence-corrected chi connectivity index (χ2v) is 6.98. The number of benzene rings is 1. The molecule has 1 fully saturated rings. The van der Waals surface area contributed by atoms with Crippen molar-refractivity contribution in [1.29, 1.82) is 0 Å². The molecule has 3 rings (SSSR count). The number of hydrogen-bond donors (Lipinski definition) is 1. The van der Waals surface area contributed by atoms with Gasteiger partial charge in [0.25, 0.3) is 0 Å². The summed E-state index contributed by atoms with van der Waals surface area (Å²) in [5.74, 6) is -0.741. The van der Waals surface area contributed by atoms with Crippen LogP contribution in [0.1, 0.15) is 18.4 Å². The largest absolute Gasteiger partial charge is 0.480 e. The Kier molecular flexibility index (Phi) is 4.76. The SMILES string of the molecule is CN(CC(=O)O)C1CCN(Cc2csc3ccccc23)CC1. The van der Waals surface area contributed by atoms with Gasteiger partial charge >= 0.3 is 5.97 Å². The maximum absolute atomic E-state index is 10.8. The molecule has 0 unspecified atom stereocenters. The lowest BCUT2D eigenvalue weighted by molar-refractivity contribution is -0.138. The molecule has 118 valence electrons. The van der Waals surface area contributed by atoms with Gasteiger partial charge in [0.1, 0.15) is 0 Å². The maximum Gasteiger partial charge on any atom is 0.317 e. The van der Waals surface area contributed by atoms with E-state index in [4.69, 9.17) is 5.11 Å². The first kappa shape index (κ1) is 15.5. The maximum atomic E-state index is 10.8. The summed E-state index contributed by atoms with van der Waals surface area (Å²) in [5, 5.41) is 12.5. The minimum absolute atomic E-state index is 0.139. The number of rotatable bonds is 5. The van der Waals surface area contributed by atoms with Gasteiger partial charge < -0.3 is 5.11 Å². The molecule has 1 aromatic carbocycles. The number of fused-ring (bicyclic) bond motifs is 1. The number of piperidine rings is 1. The Morgan fingerprint density at radius 1 is 1.36 bits per heavy atom. The summed E-state index contributed by atoms with van der Waals surface area (Å²) in [7, 11) is 1.92. The highest BCUT2D eigenvalue weighted by molar-refractivity contribution is 7.17. The second kappa shape index (κ2) is 6.77. The third kappa shape index (κ3) is 3.48. The lowest BCUT2D eigenvalue weighted by Crippen LogP contribution is -2.44. The van der Waals surface area contributed by atoms with Crippen LogP contribution in [0.2, 0.25) is 0 Å². The lowest BCUT2D eigenvalue weighted by atomic mass is 10.0. The van der Waals surface area contributed by atoms with Crippen LogP contribution in [-0.4, -0.2) is 53.6 Å². The van der Waals surface area contributed by atoms with Crippen molar-refractivity contribution in [2.45, 2.75) is 25.4 Å². The molecule has 1 aromatic heterocycles. The summed E-state index contributed by atoms with van der Waals surface area (Å²) < 4.78 is 1.36. The summed E-state index contributed by atoms with van der Waals surface area (Å²) >= 11 is 1.81. The molecule has 0 saturated carbocycles. The van der Waals surface area contributed by atoms with Crippen LogP contribution in [-0.2, 0) is 11.3 Å². The number of carboxylic acids is 1. The molecule has 1 N–H and O–H groups in total. The predicted molar refractivity (Wildman–Crippen MR) is 90.4 cm³/mol. The Morgan fingerprint density at radius 2 is 2.09 bits per heavy atom. The van der Waals surface area contributed by atoms with Crippen molar-refractivity contribution >= 4 is 27.4 Å². The highest BCUT2D eigenvalue weighted by atomic mass is 32.1. The van der Waals surface area contributed by atoms with E-state index in [1.165, 1.54) is 15.6 Å². The molecule has 2 heterocycles. The Hall–Kier alpha value is -1.43.